The van der Waals surface area contributed by atoms with Crippen molar-refractivity contribution in [3.63, 3.8) is 0 Å². The summed E-state index contributed by atoms with van der Waals surface area (Å²) in [6, 6.07) is 0. The molecule has 4 nitrogen and oxygen atoms in total. The predicted octanol–water partition coefficient (Wildman–Crippen LogP) is 21.1. The van der Waals surface area contributed by atoms with Gasteiger partial charge in [0.25, 0.3) is 0 Å². The van der Waals surface area contributed by atoms with Gasteiger partial charge in [0.05, 0.1) is 0 Å². The Kier molecular flexibility index (Phi) is 23.5. The van der Waals surface area contributed by atoms with E-state index in [4.69, 9.17) is 9.47 Å². The van der Waals surface area contributed by atoms with Gasteiger partial charge < -0.3 is 9.47 Å². The third kappa shape index (κ3) is 15.5. The molecule has 0 aromatic heterocycles. The van der Waals surface area contributed by atoms with Crippen LogP contribution in [0.25, 0.3) is 0 Å². The molecule has 80 heavy (non-hydrogen) atoms. The lowest BCUT2D eigenvalue weighted by Crippen LogP contribution is -2.51. The van der Waals surface area contributed by atoms with E-state index in [1.165, 1.54) is 154 Å². The summed E-state index contributed by atoms with van der Waals surface area (Å²) in [6.45, 7) is 25.3. The highest BCUT2D eigenvalue weighted by atomic mass is 16.5. The normalized spacial score (nSPS) is 35.8. The summed E-state index contributed by atoms with van der Waals surface area (Å²) in [5.41, 5.74) is 4.92. The van der Waals surface area contributed by atoms with Gasteiger partial charge in [0.1, 0.15) is 12.2 Å². The highest BCUT2D eigenvalue weighted by Crippen LogP contribution is 2.69. The summed E-state index contributed by atoms with van der Waals surface area (Å²) in [5, 5.41) is 0. The number of carbonyl (C=O) groups excluding carboxylic acids is 2. The molecule has 0 N–H and O–H groups in total. The quantitative estimate of drug-likeness (QED) is 0.0339. The Labute approximate surface area is 493 Å². The SMILES string of the molecule is CC(C)CCC[C@@H](C)[C@H]1CC[C@H]2[C@@H]3CC=C4C[C@@H](OC(=O)CCCCCCCCC#CC#CCCCCCCCCC(=O)O[C@H]5CC[C@@]6(C)C(=CC[C@H]7[C@@H]8CC[C@H]([C@H](C)CCCC(C)C)[C@@]8(C)CC[C@@H]76)C5)CC[C@]4(C)[C@H]3CC[C@]12C. The number of allylic oxidation sites excluding steroid dienone is 2. The fourth-order valence-corrected chi connectivity index (χ4v) is 20.6. The molecule has 0 saturated heterocycles. The minimum Gasteiger partial charge on any atom is -0.462 e. The molecule has 0 aliphatic heterocycles. The van der Waals surface area contributed by atoms with Gasteiger partial charge in [-0.2, -0.15) is 0 Å². The Morgan fingerprint density at radius 3 is 1.25 bits per heavy atom. The van der Waals surface area contributed by atoms with Crippen molar-refractivity contribution in [3.8, 4) is 23.7 Å². The molecule has 0 spiro atoms. The zero-order valence-corrected chi connectivity index (χ0v) is 53.7. The van der Waals surface area contributed by atoms with Crippen LogP contribution < -0.4 is 0 Å². The minimum absolute atomic E-state index is 0.0272. The number of esters is 2. The molecule has 8 aliphatic carbocycles. The Morgan fingerprint density at radius 2 is 0.850 bits per heavy atom. The van der Waals surface area contributed by atoms with Crippen molar-refractivity contribution in [2.24, 2.45) is 92.7 Å². The van der Waals surface area contributed by atoms with E-state index in [0.717, 1.165) is 148 Å². The second kappa shape index (κ2) is 29.6. The van der Waals surface area contributed by atoms with Crippen molar-refractivity contribution >= 4 is 11.9 Å². The fourth-order valence-electron chi connectivity index (χ4n) is 20.6. The third-order valence-corrected chi connectivity index (χ3v) is 25.2. The Balaban J connectivity index is 0.600. The first kappa shape index (κ1) is 63.6. The maximum atomic E-state index is 13.0. The van der Waals surface area contributed by atoms with Crippen LogP contribution in [0.1, 0.15) is 313 Å². The maximum absolute atomic E-state index is 13.0. The summed E-state index contributed by atoms with van der Waals surface area (Å²) in [5.74, 6) is 23.1. The number of hydrogen-bond donors (Lipinski definition) is 0. The molecule has 0 amide bonds. The van der Waals surface area contributed by atoms with Crippen LogP contribution >= 0.6 is 0 Å². The summed E-state index contributed by atoms with van der Waals surface area (Å²) >= 11 is 0. The van der Waals surface area contributed by atoms with E-state index in [1.54, 1.807) is 11.1 Å². The van der Waals surface area contributed by atoms with E-state index in [9.17, 15) is 9.59 Å². The number of carbonyl (C=O) groups is 2. The van der Waals surface area contributed by atoms with E-state index < -0.39 is 0 Å². The second-order valence-electron chi connectivity index (χ2n) is 31.1. The van der Waals surface area contributed by atoms with Crippen LogP contribution in [0.4, 0.5) is 0 Å². The van der Waals surface area contributed by atoms with Crippen molar-refractivity contribution in [3.05, 3.63) is 23.3 Å². The lowest BCUT2D eigenvalue weighted by Gasteiger charge is -2.58. The molecule has 450 valence electrons. The molecule has 6 saturated carbocycles. The molecule has 0 bridgehead atoms. The van der Waals surface area contributed by atoms with Crippen LogP contribution in [0.5, 0.6) is 0 Å². The van der Waals surface area contributed by atoms with Crippen LogP contribution in [-0.2, 0) is 19.1 Å². The molecule has 4 heteroatoms. The van der Waals surface area contributed by atoms with E-state index >= 15 is 0 Å². The van der Waals surface area contributed by atoms with E-state index in [0.29, 0.717) is 34.5 Å². The average molecular weight is 1100 g/mol. The molecular formula is C76H122O4. The first-order chi connectivity index (χ1) is 38.5. The Hall–Kier alpha value is -2.46. The van der Waals surface area contributed by atoms with Crippen LogP contribution in [0.3, 0.4) is 0 Å². The fraction of sp³-hybridized carbons (Fsp3) is 0.868. The van der Waals surface area contributed by atoms with Crippen LogP contribution in [-0.4, -0.2) is 24.1 Å². The first-order valence-corrected chi connectivity index (χ1v) is 35.2. The number of unbranched alkanes of at least 4 members (excludes halogenated alkanes) is 12. The molecule has 8 aliphatic rings. The lowest BCUT2D eigenvalue weighted by molar-refractivity contribution is -0.152. The van der Waals surface area contributed by atoms with Gasteiger partial charge in [-0.15, -0.1) is 0 Å². The van der Waals surface area contributed by atoms with Crippen molar-refractivity contribution < 1.29 is 19.1 Å². The van der Waals surface area contributed by atoms with Crippen LogP contribution in [0.15, 0.2) is 23.3 Å². The molecule has 6 fully saturated rings. The highest BCUT2D eigenvalue weighted by Gasteiger charge is 2.61. The Morgan fingerprint density at radius 1 is 0.463 bits per heavy atom. The van der Waals surface area contributed by atoms with Crippen LogP contribution in [0.2, 0.25) is 0 Å². The standard InChI is InChI=1S/C76H122O4/c1-55(2)31-29-33-57(5)65-41-43-67-63-39-37-59-53-61(45-49-73(59,7)69(63)47-51-75(65,67)9)79-71(77)35-27-25-23-21-19-17-15-13-11-12-14-16-18-20-22-24-26-28-36-72(78)80-62-46-50-74(8)60(54-62)38-40-64-68-44-42-66(58(6)34-30-32-56(3)4)76(68,10)52-48-70(64)74/h37-38,55-58,61-70H,15-36,39-54H2,1-10H3/t57-,58-,61+,62+,63+,64+,65-,66-,67+,68+,69+,70+,73+,74+,75-,76-/m1/s1. The number of hydrogen-bond acceptors (Lipinski definition) is 4. The van der Waals surface area contributed by atoms with Crippen molar-refractivity contribution in [2.75, 3.05) is 0 Å². The first-order valence-electron chi connectivity index (χ1n) is 35.2. The minimum atomic E-state index is 0.0272. The molecule has 0 radical (unpaired) electrons. The molecular weight excluding hydrogens is 977 g/mol. The number of fused-ring (bicyclic) bond motifs is 10. The maximum Gasteiger partial charge on any atom is 0.306 e. The molecule has 16 atom stereocenters. The smallest absolute Gasteiger partial charge is 0.306 e. The molecule has 0 aromatic carbocycles. The van der Waals surface area contributed by atoms with Gasteiger partial charge in [0, 0.05) is 38.5 Å². The predicted molar refractivity (Wildman–Crippen MR) is 335 cm³/mol. The summed E-state index contributed by atoms with van der Waals surface area (Å²) in [7, 11) is 0. The summed E-state index contributed by atoms with van der Waals surface area (Å²) in [4.78, 5) is 26.0. The lowest BCUT2D eigenvalue weighted by atomic mass is 9.47. The van der Waals surface area contributed by atoms with Crippen molar-refractivity contribution in [1.29, 1.82) is 0 Å². The van der Waals surface area contributed by atoms with Gasteiger partial charge in [-0.1, -0.05) is 194 Å². The van der Waals surface area contributed by atoms with Gasteiger partial charge in [-0.3, -0.25) is 9.59 Å². The monoisotopic (exact) mass is 1100 g/mol. The largest absolute Gasteiger partial charge is 0.462 e. The second-order valence-corrected chi connectivity index (χ2v) is 31.1. The molecule has 0 aromatic rings. The highest BCUT2D eigenvalue weighted by molar-refractivity contribution is 5.70. The van der Waals surface area contributed by atoms with E-state index in [2.05, 4.69) is 105 Å². The molecule has 0 unspecified atom stereocenters. The third-order valence-electron chi connectivity index (χ3n) is 25.2. The van der Waals surface area contributed by atoms with Crippen molar-refractivity contribution in [1.82, 2.24) is 0 Å². The number of ether oxygens (including phenoxy) is 2. The van der Waals surface area contributed by atoms with E-state index in [-0.39, 0.29) is 24.1 Å². The summed E-state index contributed by atoms with van der Waals surface area (Å²) < 4.78 is 12.4. The molecule has 8 rings (SSSR count). The summed E-state index contributed by atoms with van der Waals surface area (Å²) in [6.07, 6.45) is 50.7. The zero-order valence-electron chi connectivity index (χ0n) is 53.7. The van der Waals surface area contributed by atoms with Crippen molar-refractivity contribution in [2.45, 2.75) is 325 Å². The number of rotatable bonds is 28. The van der Waals surface area contributed by atoms with Crippen LogP contribution in [0, 0.1) is 116 Å². The van der Waals surface area contributed by atoms with Gasteiger partial charge in [-0.05, 0) is 220 Å². The Bertz CT molecular complexity index is 2020. The zero-order chi connectivity index (χ0) is 56.9. The van der Waals surface area contributed by atoms with E-state index in [1.807, 2.05) is 0 Å². The molecule has 0 heterocycles. The van der Waals surface area contributed by atoms with Gasteiger partial charge in [-0.25, -0.2) is 0 Å². The van der Waals surface area contributed by atoms with Gasteiger partial charge in [0.2, 0.25) is 0 Å². The topological polar surface area (TPSA) is 52.6 Å². The van der Waals surface area contributed by atoms with Gasteiger partial charge in [0.15, 0.2) is 0 Å². The average Bonchev–Trinajstić information content (AvgIpc) is 4.16. The van der Waals surface area contributed by atoms with Gasteiger partial charge >= 0.3 is 11.9 Å².